The van der Waals surface area contributed by atoms with Gasteiger partial charge in [0.05, 0.1) is 0 Å². The van der Waals surface area contributed by atoms with Crippen LogP contribution in [-0.4, -0.2) is 29.0 Å². The van der Waals surface area contributed by atoms with Crippen molar-refractivity contribution in [2.45, 2.75) is 32.0 Å². The molecule has 0 bridgehead atoms. The van der Waals surface area contributed by atoms with Crippen LogP contribution in [0.3, 0.4) is 0 Å². The Kier molecular flexibility index (Phi) is 4.53. The summed E-state index contributed by atoms with van der Waals surface area (Å²) >= 11 is 1.57. The van der Waals surface area contributed by atoms with Crippen molar-refractivity contribution >= 4 is 16.5 Å². The number of hydrogen-bond acceptors (Lipinski definition) is 5. The molecular formula is C16H22N4S. The number of anilines is 1. The van der Waals surface area contributed by atoms with E-state index >= 15 is 0 Å². The molecule has 2 aromatic rings. The lowest BCUT2D eigenvalue weighted by molar-refractivity contribution is 0.316. The molecule has 1 aliphatic heterocycles. The fraction of sp³-hybridized carbons (Fsp3) is 0.438. The number of rotatable bonds is 5. The molecule has 1 aliphatic rings. The molecule has 2 unspecified atom stereocenters. The van der Waals surface area contributed by atoms with E-state index in [0.29, 0.717) is 17.2 Å². The number of benzene rings is 1. The number of nitrogens with one attached hydrogen (secondary N) is 1. The first-order valence-corrected chi connectivity index (χ1v) is 8.26. The van der Waals surface area contributed by atoms with Crippen LogP contribution < -0.4 is 11.1 Å². The number of hydrogen-bond donors (Lipinski definition) is 2. The van der Waals surface area contributed by atoms with E-state index in [2.05, 4.69) is 52.5 Å². The summed E-state index contributed by atoms with van der Waals surface area (Å²) in [5, 5.41) is 4.35. The number of nitrogens with zero attached hydrogens (tertiary/aromatic N) is 2. The van der Waals surface area contributed by atoms with Crippen LogP contribution in [0.1, 0.15) is 29.8 Å². The second-order valence-corrected chi connectivity index (χ2v) is 6.79. The molecule has 3 N–H and O–H groups in total. The predicted molar refractivity (Wildman–Crippen MR) is 88.2 cm³/mol. The monoisotopic (exact) mass is 302 g/mol. The summed E-state index contributed by atoms with van der Waals surface area (Å²) in [5.74, 6) is 0. The van der Waals surface area contributed by atoms with Crippen LogP contribution in [0.15, 0.2) is 36.5 Å². The third-order valence-corrected chi connectivity index (χ3v) is 4.98. The van der Waals surface area contributed by atoms with Gasteiger partial charge in [-0.05, 0) is 18.9 Å². The van der Waals surface area contributed by atoms with Gasteiger partial charge in [-0.1, -0.05) is 30.3 Å². The average molecular weight is 302 g/mol. The van der Waals surface area contributed by atoms with E-state index in [1.165, 1.54) is 16.9 Å². The number of nitrogens with two attached hydrogens (primary N) is 1. The molecule has 0 saturated carbocycles. The molecule has 0 spiro atoms. The first kappa shape index (κ1) is 14.5. The smallest absolute Gasteiger partial charge is 0.180 e. The highest BCUT2D eigenvalue weighted by Gasteiger charge is 2.24. The minimum atomic E-state index is 0.321. The summed E-state index contributed by atoms with van der Waals surface area (Å²) in [7, 11) is 0. The Balaban J connectivity index is 1.50. The van der Waals surface area contributed by atoms with Crippen LogP contribution in [0.4, 0.5) is 5.13 Å². The van der Waals surface area contributed by atoms with Gasteiger partial charge in [-0.15, -0.1) is 11.3 Å². The summed E-state index contributed by atoms with van der Waals surface area (Å²) in [6, 6.07) is 11.6. The number of likely N-dealkylation sites (tertiary alicyclic amines) is 1. The van der Waals surface area contributed by atoms with Gasteiger partial charge in [-0.2, -0.15) is 0 Å². The van der Waals surface area contributed by atoms with Crippen LogP contribution in [-0.2, 0) is 6.54 Å². The van der Waals surface area contributed by atoms with Gasteiger partial charge in [0.2, 0.25) is 0 Å². The Morgan fingerprint density at radius 2 is 2.24 bits per heavy atom. The number of thiazole rings is 1. The van der Waals surface area contributed by atoms with E-state index in [-0.39, 0.29) is 0 Å². The maximum Gasteiger partial charge on any atom is 0.180 e. The quantitative estimate of drug-likeness (QED) is 0.891. The van der Waals surface area contributed by atoms with Crippen LogP contribution in [0.2, 0.25) is 0 Å². The van der Waals surface area contributed by atoms with E-state index in [1.807, 2.05) is 6.20 Å². The van der Waals surface area contributed by atoms with Crippen molar-refractivity contribution in [3.8, 4) is 0 Å². The van der Waals surface area contributed by atoms with Crippen LogP contribution in [0.25, 0.3) is 0 Å². The molecule has 0 aliphatic carbocycles. The molecule has 2 heterocycles. The normalized spacial score (nSPS) is 20.7. The van der Waals surface area contributed by atoms with Crippen molar-refractivity contribution in [3.63, 3.8) is 0 Å². The fourth-order valence-corrected chi connectivity index (χ4v) is 3.59. The zero-order valence-corrected chi connectivity index (χ0v) is 13.1. The average Bonchev–Trinajstić information content (AvgIpc) is 3.09. The molecule has 5 heteroatoms. The Bertz CT molecular complexity index is 569. The largest absolute Gasteiger partial charge is 0.375 e. The van der Waals surface area contributed by atoms with Gasteiger partial charge < -0.3 is 11.1 Å². The summed E-state index contributed by atoms with van der Waals surface area (Å²) in [5.41, 5.74) is 7.09. The van der Waals surface area contributed by atoms with Gasteiger partial charge >= 0.3 is 0 Å². The Labute approximate surface area is 130 Å². The van der Waals surface area contributed by atoms with E-state index in [9.17, 15) is 0 Å². The van der Waals surface area contributed by atoms with E-state index in [0.717, 1.165) is 19.6 Å². The Morgan fingerprint density at radius 3 is 2.95 bits per heavy atom. The second kappa shape index (κ2) is 6.56. The minimum absolute atomic E-state index is 0.321. The fourth-order valence-electron chi connectivity index (χ4n) is 2.89. The number of nitrogen functional groups attached to an aromatic ring is 1. The molecule has 4 nitrogen and oxygen atoms in total. The van der Waals surface area contributed by atoms with Crippen LogP contribution >= 0.6 is 11.3 Å². The van der Waals surface area contributed by atoms with Crippen LogP contribution in [0.5, 0.6) is 0 Å². The van der Waals surface area contributed by atoms with Gasteiger partial charge in [0.25, 0.3) is 0 Å². The molecule has 3 rings (SSSR count). The van der Waals surface area contributed by atoms with Gasteiger partial charge in [0.1, 0.15) is 0 Å². The topological polar surface area (TPSA) is 54.2 Å². The van der Waals surface area contributed by atoms with Gasteiger partial charge in [0.15, 0.2) is 5.13 Å². The lowest BCUT2D eigenvalue weighted by Gasteiger charge is -2.19. The molecule has 1 aromatic carbocycles. The zero-order valence-electron chi connectivity index (χ0n) is 12.3. The third-order valence-electron chi connectivity index (χ3n) is 3.98. The summed E-state index contributed by atoms with van der Waals surface area (Å²) in [6.07, 6.45) is 3.08. The number of aromatic nitrogens is 1. The summed E-state index contributed by atoms with van der Waals surface area (Å²) in [4.78, 5) is 7.86. The molecule has 2 atom stereocenters. The van der Waals surface area contributed by atoms with Crippen molar-refractivity contribution in [2.24, 2.45) is 0 Å². The highest BCUT2D eigenvalue weighted by molar-refractivity contribution is 7.15. The van der Waals surface area contributed by atoms with Crippen molar-refractivity contribution in [2.75, 3.05) is 18.8 Å². The van der Waals surface area contributed by atoms with Crippen molar-refractivity contribution < 1.29 is 0 Å². The standard InChI is InChI=1S/C16H22N4S/c1-12(15-9-18-16(17)21-15)19-14-7-8-20(11-14)10-13-5-3-2-4-6-13/h2-6,9,12,14,19H,7-8,10-11H2,1H3,(H2,17,18). The second-order valence-electron chi connectivity index (χ2n) is 5.70. The predicted octanol–water partition coefficient (Wildman–Crippen LogP) is 2.65. The van der Waals surface area contributed by atoms with Gasteiger partial charge in [-0.25, -0.2) is 4.98 Å². The van der Waals surface area contributed by atoms with Crippen molar-refractivity contribution in [1.29, 1.82) is 0 Å². The lowest BCUT2D eigenvalue weighted by Crippen LogP contribution is -2.34. The first-order chi connectivity index (χ1) is 10.2. The SMILES string of the molecule is CC(NC1CCN(Cc2ccccc2)C1)c1cnc(N)s1. The maximum atomic E-state index is 5.70. The Morgan fingerprint density at radius 1 is 1.43 bits per heavy atom. The van der Waals surface area contributed by atoms with Crippen molar-refractivity contribution in [1.82, 2.24) is 15.2 Å². The van der Waals surface area contributed by atoms with Gasteiger partial charge in [0, 0.05) is 42.8 Å². The summed E-state index contributed by atoms with van der Waals surface area (Å²) < 4.78 is 0. The molecule has 0 radical (unpaired) electrons. The van der Waals surface area contributed by atoms with E-state index in [4.69, 9.17) is 5.73 Å². The third kappa shape index (κ3) is 3.81. The zero-order chi connectivity index (χ0) is 14.7. The van der Waals surface area contributed by atoms with Crippen LogP contribution in [0, 0.1) is 0 Å². The maximum absolute atomic E-state index is 5.70. The van der Waals surface area contributed by atoms with E-state index < -0.39 is 0 Å². The first-order valence-electron chi connectivity index (χ1n) is 7.44. The lowest BCUT2D eigenvalue weighted by atomic mass is 10.2. The molecule has 112 valence electrons. The minimum Gasteiger partial charge on any atom is -0.375 e. The van der Waals surface area contributed by atoms with Gasteiger partial charge in [-0.3, -0.25) is 4.90 Å². The molecule has 1 fully saturated rings. The summed E-state index contributed by atoms with van der Waals surface area (Å²) in [6.45, 7) is 5.49. The van der Waals surface area contributed by atoms with E-state index in [1.54, 1.807) is 11.3 Å². The highest BCUT2D eigenvalue weighted by atomic mass is 32.1. The molecule has 0 amide bonds. The molecule has 1 saturated heterocycles. The molecular weight excluding hydrogens is 280 g/mol. The molecule has 21 heavy (non-hydrogen) atoms. The van der Waals surface area contributed by atoms with Crippen molar-refractivity contribution in [3.05, 3.63) is 47.0 Å². The Hall–Kier alpha value is -1.43. The highest BCUT2D eigenvalue weighted by Crippen LogP contribution is 2.24. The molecule has 1 aromatic heterocycles.